The number of carbonyl (C=O) groups excluding carboxylic acids is 1. The van der Waals surface area contributed by atoms with Gasteiger partial charge in [-0.2, -0.15) is 0 Å². The highest BCUT2D eigenvalue weighted by molar-refractivity contribution is 7.86. The molecule has 0 aliphatic rings. The Morgan fingerprint density at radius 2 is 1.95 bits per heavy atom. The van der Waals surface area contributed by atoms with Crippen LogP contribution in [0.3, 0.4) is 0 Å². The lowest BCUT2D eigenvalue weighted by Crippen LogP contribution is -2.27. The van der Waals surface area contributed by atoms with Gasteiger partial charge < -0.3 is 4.74 Å². The van der Waals surface area contributed by atoms with E-state index in [1.54, 1.807) is 24.4 Å². The molecule has 0 radical (unpaired) electrons. The molecule has 0 N–H and O–H groups in total. The fourth-order valence-electron chi connectivity index (χ4n) is 2.17. The molecule has 1 aromatic rings. The molecule has 0 aliphatic carbocycles. The lowest BCUT2D eigenvalue weighted by Gasteiger charge is -2.13. The Morgan fingerprint density at radius 3 is 2.57 bits per heavy atom. The van der Waals surface area contributed by atoms with Crippen LogP contribution in [0.15, 0.2) is 29.4 Å². The first-order valence-corrected chi connectivity index (χ1v) is 8.81. The van der Waals surface area contributed by atoms with Crippen molar-refractivity contribution in [2.24, 2.45) is 0 Å². The van der Waals surface area contributed by atoms with Gasteiger partial charge in [0.25, 0.3) is 0 Å². The Hall–Kier alpha value is -1.23. The maximum atomic E-state index is 12.5. The number of aromatic nitrogens is 1. The lowest BCUT2D eigenvalue weighted by molar-refractivity contribution is -0.140. The van der Waals surface area contributed by atoms with E-state index in [0.717, 1.165) is 19.3 Å². The number of carbonyl (C=O) groups is 1. The zero-order valence-corrected chi connectivity index (χ0v) is 13.7. The van der Waals surface area contributed by atoms with Gasteiger partial charge in [-0.15, -0.1) is 0 Å². The SMILES string of the molecule is CCCCCCCCC(C(=O)OC)S(=O)c1ccccn1. The first-order chi connectivity index (χ1) is 10.2. The van der Waals surface area contributed by atoms with E-state index >= 15 is 0 Å². The van der Waals surface area contributed by atoms with Gasteiger partial charge in [-0.05, 0) is 18.6 Å². The van der Waals surface area contributed by atoms with E-state index in [1.165, 1.54) is 26.4 Å². The van der Waals surface area contributed by atoms with Crippen LogP contribution in [-0.4, -0.2) is 27.5 Å². The molecular formula is C16H25NO3S. The van der Waals surface area contributed by atoms with Crippen molar-refractivity contribution in [1.29, 1.82) is 0 Å². The van der Waals surface area contributed by atoms with Crippen LogP contribution in [0.4, 0.5) is 0 Å². The van der Waals surface area contributed by atoms with Crippen LogP contribution >= 0.6 is 0 Å². The molecule has 2 unspecified atom stereocenters. The molecule has 118 valence electrons. The van der Waals surface area contributed by atoms with Gasteiger partial charge in [-0.3, -0.25) is 9.00 Å². The minimum atomic E-state index is -1.45. The van der Waals surface area contributed by atoms with Crippen molar-refractivity contribution in [3.8, 4) is 0 Å². The number of nitrogens with zero attached hydrogens (tertiary/aromatic N) is 1. The van der Waals surface area contributed by atoms with Crippen molar-refractivity contribution >= 4 is 16.8 Å². The minimum Gasteiger partial charge on any atom is -0.468 e. The van der Waals surface area contributed by atoms with Crippen LogP contribution in [0.2, 0.25) is 0 Å². The first kappa shape index (κ1) is 17.8. The third-order valence-electron chi connectivity index (χ3n) is 3.39. The van der Waals surface area contributed by atoms with Crippen LogP contribution in [0.1, 0.15) is 51.9 Å². The summed E-state index contributed by atoms with van der Waals surface area (Å²) < 4.78 is 17.3. The third kappa shape index (κ3) is 6.38. The second-order valence-electron chi connectivity index (χ2n) is 5.03. The molecule has 0 bridgehead atoms. The topological polar surface area (TPSA) is 56.3 Å². The number of unbranched alkanes of at least 4 members (excludes halogenated alkanes) is 5. The highest BCUT2D eigenvalue weighted by Crippen LogP contribution is 2.17. The molecule has 0 saturated carbocycles. The van der Waals surface area contributed by atoms with Gasteiger partial charge >= 0.3 is 5.97 Å². The van der Waals surface area contributed by atoms with Crippen molar-refractivity contribution in [1.82, 2.24) is 4.98 Å². The van der Waals surface area contributed by atoms with Crippen LogP contribution in [0, 0.1) is 0 Å². The first-order valence-electron chi connectivity index (χ1n) is 7.60. The molecule has 2 atom stereocenters. The molecule has 0 fully saturated rings. The smallest absolute Gasteiger partial charge is 0.321 e. The average Bonchev–Trinajstić information content (AvgIpc) is 2.54. The molecule has 0 aromatic carbocycles. The van der Waals surface area contributed by atoms with E-state index in [-0.39, 0.29) is 0 Å². The van der Waals surface area contributed by atoms with Gasteiger partial charge in [0.05, 0.1) is 17.9 Å². The molecule has 1 aromatic heterocycles. The standard InChI is InChI=1S/C16H25NO3S/c1-3-4-5-6-7-8-11-14(16(18)20-2)21(19)15-12-9-10-13-17-15/h9-10,12-14H,3-8,11H2,1-2H3. The van der Waals surface area contributed by atoms with Gasteiger partial charge in [-0.25, -0.2) is 4.98 Å². The van der Waals surface area contributed by atoms with Gasteiger partial charge in [0, 0.05) is 6.20 Å². The van der Waals surface area contributed by atoms with E-state index < -0.39 is 22.0 Å². The lowest BCUT2D eigenvalue weighted by atomic mass is 10.1. The molecule has 0 aliphatic heterocycles. The van der Waals surface area contributed by atoms with Crippen molar-refractivity contribution in [2.75, 3.05) is 7.11 Å². The quantitative estimate of drug-likeness (QED) is 0.490. The van der Waals surface area contributed by atoms with Gasteiger partial charge in [-0.1, -0.05) is 51.5 Å². The van der Waals surface area contributed by atoms with Crippen molar-refractivity contribution in [2.45, 2.75) is 62.1 Å². The summed E-state index contributed by atoms with van der Waals surface area (Å²) in [5.74, 6) is -0.410. The van der Waals surface area contributed by atoms with E-state index in [9.17, 15) is 9.00 Å². The summed E-state index contributed by atoms with van der Waals surface area (Å²) in [6.07, 6.45) is 8.98. The normalized spacial score (nSPS) is 13.6. The highest BCUT2D eigenvalue weighted by atomic mass is 32.2. The number of hydrogen-bond acceptors (Lipinski definition) is 4. The number of hydrogen-bond donors (Lipinski definition) is 0. The van der Waals surface area contributed by atoms with E-state index in [1.807, 2.05) is 0 Å². The molecular weight excluding hydrogens is 286 g/mol. The fourth-order valence-corrected chi connectivity index (χ4v) is 3.49. The molecule has 0 amide bonds. The number of rotatable bonds is 10. The Morgan fingerprint density at radius 1 is 1.24 bits per heavy atom. The van der Waals surface area contributed by atoms with Crippen LogP contribution in [-0.2, 0) is 20.3 Å². The maximum absolute atomic E-state index is 12.5. The summed E-state index contributed by atoms with van der Waals surface area (Å²) in [6, 6.07) is 5.23. The average molecular weight is 311 g/mol. The third-order valence-corrected chi connectivity index (χ3v) is 4.98. The largest absolute Gasteiger partial charge is 0.468 e. The number of ether oxygens (including phenoxy) is 1. The van der Waals surface area contributed by atoms with E-state index in [0.29, 0.717) is 11.4 Å². The van der Waals surface area contributed by atoms with Gasteiger partial charge in [0.1, 0.15) is 10.3 Å². The summed E-state index contributed by atoms with van der Waals surface area (Å²) in [6.45, 7) is 2.18. The molecule has 0 spiro atoms. The fraction of sp³-hybridized carbons (Fsp3) is 0.625. The van der Waals surface area contributed by atoms with Crippen LogP contribution in [0.5, 0.6) is 0 Å². The Kier molecular flexibility index (Phi) is 8.90. The number of esters is 1. The van der Waals surface area contributed by atoms with Crippen molar-refractivity contribution < 1.29 is 13.7 Å². The van der Waals surface area contributed by atoms with Crippen molar-refractivity contribution in [3.05, 3.63) is 24.4 Å². The number of pyridine rings is 1. The summed E-state index contributed by atoms with van der Waals surface area (Å²) in [5.41, 5.74) is 0. The summed E-state index contributed by atoms with van der Waals surface area (Å²) in [5, 5.41) is -0.171. The molecule has 5 heteroatoms. The molecule has 21 heavy (non-hydrogen) atoms. The summed E-state index contributed by atoms with van der Waals surface area (Å²) in [7, 11) is -0.106. The van der Waals surface area contributed by atoms with Gasteiger partial charge in [0.2, 0.25) is 0 Å². The van der Waals surface area contributed by atoms with E-state index in [2.05, 4.69) is 11.9 Å². The summed E-state index contributed by atoms with van der Waals surface area (Å²) in [4.78, 5) is 15.9. The Bertz CT molecular complexity index is 436. The molecule has 1 heterocycles. The maximum Gasteiger partial charge on any atom is 0.321 e. The highest BCUT2D eigenvalue weighted by Gasteiger charge is 2.27. The number of methoxy groups -OCH3 is 1. The predicted octanol–water partition coefficient (Wildman–Crippen LogP) is 3.48. The van der Waals surface area contributed by atoms with E-state index in [4.69, 9.17) is 4.74 Å². The second-order valence-corrected chi connectivity index (χ2v) is 6.62. The monoisotopic (exact) mass is 311 g/mol. The predicted molar refractivity (Wildman–Crippen MR) is 84.4 cm³/mol. The molecule has 0 saturated heterocycles. The Balaban J connectivity index is 2.52. The molecule has 4 nitrogen and oxygen atoms in total. The zero-order chi connectivity index (χ0) is 15.5. The Labute approximate surface area is 129 Å². The second kappa shape index (κ2) is 10.5. The summed E-state index contributed by atoms with van der Waals surface area (Å²) >= 11 is 0. The van der Waals surface area contributed by atoms with Crippen molar-refractivity contribution in [3.63, 3.8) is 0 Å². The van der Waals surface area contributed by atoms with Crippen LogP contribution in [0.25, 0.3) is 0 Å². The van der Waals surface area contributed by atoms with Crippen LogP contribution < -0.4 is 0 Å². The van der Waals surface area contributed by atoms with Gasteiger partial charge in [0.15, 0.2) is 0 Å². The molecule has 1 rings (SSSR count). The zero-order valence-electron chi connectivity index (χ0n) is 12.9. The minimum absolute atomic E-state index is 0.410.